The molecule has 86 valence electrons. The number of rotatable bonds is 1. The quantitative estimate of drug-likeness (QED) is 0.792. The lowest BCUT2D eigenvalue weighted by atomic mass is 10.1. The molecule has 0 atom stereocenters. The molecule has 5 heteroatoms. The summed E-state index contributed by atoms with van der Waals surface area (Å²) in [6.07, 6.45) is 0. The van der Waals surface area contributed by atoms with Crippen LogP contribution in [0.25, 0.3) is 0 Å². The first-order chi connectivity index (χ1) is 7.68. The van der Waals surface area contributed by atoms with Crippen molar-refractivity contribution in [1.29, 1.82) is 0 Å². The Hall–Kier alpha value is -0.820. The summed E-state index contributed by atoms with van der Waals surface area (Å²) in [5.74, 6) is -0.0828. The van der Waals surface area contributed by atoms with Crippen LogP contribution in [-0.2, 0) is 4.74 Å². The van der Waals surface area contributed by atoms with Crippen LogP contribution in [0.5, 0.6) is 5.75 Å². The number of hydrogen-bond acceptors (Lipinski definition) is 3. The van der Waals surface area contributed by atoms with Gasteiger partial charge >= 0.3 is 0 Å². The Morgan fingerprint density at radius 3 is 2.69 bits per heavy atom. The van der Waals surface area contributed by atoms with Gasteiger partial charge in [-0.05, 0) is 40.8 Å². The minimum Gasteiger partial charge on any atom is -0.507 e. The van der Waals surface area contributed by atoms with Crippen LogP contribution in [0.2, 0.25) is 0 Å². The Morgan fingerprint density at radius 1 is 1.38 bits per heavy atom. The van der Waals surface area contributed by atoms with E-state index in [9.17, 15) is 9.90 Å². The maximum atomic E-state index is 12.0. The lowest BCUT2D eigenvalue weighted by Crippen LogP contribution is -2.40. The van der Waals surface area contributed by atoms with Gasteiger partial charge < -0.3 is 14.7 Å². The van der Waals surface area contributed by atoms with Gasteiger partial charge in [0, 0.05) is 16.7 Å². The maximum Gasteiger partial charge on any atom is 0.257 e. The largest absolute Gasteiger partial charge is 0.507 e. The molecule has 0 bridgehead atoms. The van der Waals surface area contributed by atoms with E-state index >= 15 is 0 Å². The highest BCUT2D eigenvalue weighted by Crippen LogP contribution is 2.21. The molecule has 1 heterocycles. The molecular formula is C11H12INO3. The van der Waals surface area contributed by atoms with Gasteiger partial charge in [0.2, 0.25) is 0 Å². The molecule has 0 aliphatic carbocycles. The first-order valence-electron chi connectivity index (χ1n) is 5.04. The van der Waals surface area contributed by atoms with Crippen molar-refractivity contribution in [3.63, 3.8) is 0 Å². The van der Waals surface area contributed by atoms with Crippen molar-refractivity contribution in [2.24, 2.45) is 0 Å². The molecule has 0 spiro atoms. The normalized spacial score (nSPS) is 16.2. The molecule has 1 aromatic rings. The van der Waals surface area contributed by atoms with Crippen LogP contribution in [0.15, 0.2) is 18.2 Å². The third-order valence-corrected chi connectivity index (χ3v) is 3.16. The van der Waals surface area contributed by atoms with Crippen molar-refractivity contribution in [2.75, 3.05) is 26.3 Å². The summed E-state index contributed by atoms with van der Waals surface area (Å²) in [7, 11) is 0. The highest BCUT2D eigenvalue weighted by molar-refractivity contribution is 14.1. The molecule has 0 saturated carbocycles. The number of amides is 1. The monoisotopic (exact) mass is 333 g/mol. The van der Waals surface area contributed by atoms with Crippen LogP contribution in [-0.4, -0.2) is 42.2 Å². The van der Waals surface area contributed by atoms with Crippen molar-refractivity contribution < 1.29 is 14.6 Å². The lowest BCUT2D eigenvalue weighted by Gasteiger charge is -2.27. The SMILES string of the molecule is O=C(c1ccc(I)cc1O)N1CCOCC1. The topological polar surface area (TPSA) is 49.8 Å². The van der Waals surface area contributed by atoms with E-state index in [0.717, 1.165) is 3.57 Å². The molecule has 16 heavy (non-hydrogen) atoms. The summed E-state index contributed by atoms with van der Waals surface area (Å²) in [4.78, 5) is 13.7. The highest BCUT2D eigenvalue weighted by atomic mass is 127. The first-order valence-corrected chi connectivity index (χ1v) is 6.12. The van der Waals surface area contributed by atoms with E-state index in [-0.39, 0.29) is 11.7 Å². The van der Waals surface area contributed by atoms with E-state index in [4.69, 9.17) is 4.74 Å². The van der Waals surface area contributed by atoms with Crippen LogP contribution < -0.4 is 0 Å². The fourth-order valence-corrected chi connectivity index (χ4v) is 2.10. The third kappa shape index (κ3) is 2.46. The number of carbonyl (C=O) groups excluding carboxylic acids is 1. The fourth-order valence-electron chi connectivity index (χ4n) is 1.62. The van der Waals surface area contributed by atoms with Crippen LogP contribution in [0.1, 0.15) is 10.4 Å². The van der Waals surface area contributed by atoms with Crippen molar-refractivity contribution in [3.8, 4) is 5.75 Å². The number of phenols is 1. The molecular weight excluding hydrogens is 321 g/mol. The third-order valence-electron chi connectivity index (χ3n) is 2.49. The van der Waals surface area contributed by atoms with E-state index < -0.39 is 0 Å². The first kappa shape index (κ1) is 11.7. The minimum absolute atomic E-state index is 0.0448. The van der Waals surface area contributed by atoms with Gasteiger partial charge in [0.05, 0.1) is 18.8 Å². The number of phenolic OH excluding ortho intramolecular Hbond substituents is 1. The molecule has 1 fully saturated rings. The van der Waals surface area contributed by atoms with Crippen molar-refractivity contribution in [1.82, 2.24) is 4.90 Å². The molecule has 2 rings (SSSR count). The zero-order chi connectivity index (χ0) is 11.5. The number of ether oxygens (including phenoxy) is 1. The van der Waals surface area contributed by atoms with Gasteiger partial charge in [0.25, 0.3) is 5.91 Å². The molecule has 1 aliphatic heterocycles. The zero-order valence-electron chi connectivity index (χ0n) is 8.65. The summed E-state index contributed by atoms with van der Waals surface area (Å²) in [6.45, 7) is 2.31. The number of carbonyl (C=O) groups is 1. The van der Waals surface area contributed by atoms with Gasteiger partial charge in [0.15, 0.2) is 0 Å². The Bertz CT molecular complexity index is 402. The molecule has 4 nitrogen and oxygen atoms in total. The van der Waals surface area contributed by atoms with Crippen LogP contribution in [0, 0.1) is 3.57 Å². The van der Waals surface area contributed by atoms with Crippen LogP contribution in [0.3, 0.4) is 0 Å². The molecule has 1 aliphatic rings. The average Bonchev–Trinajstić information content (AvgIpc) is 2.29. The minimum atomic E-state index is -0.128. The second-order valence-corrected chi connectivity index (χ2v) is 4.81. The number of aromatic hydroxyl groups is 1. The zero-order valence-corrected chi connectivity index (χ0v) is 10.8. The number of nitrogens with zero attached hydrogens (tertiary/aromatic N) is 1. The summed E-state index contributed by atoms with van der Waals surface area (Å²) in [5.41, 5.74) is 0.363. The van der Waals surface area contributed by atoms with E-state index in [1.807, 2.05) is 6.07 Å². The average molecular weight is 333 g/mol. The number of hydrogen-bond donors (Lipinski definition) is 1. The van der Waals surface area contributed by atoms with Gasteiger partial charge in [-0.2, -0.15) is 0 Å². The van der Waals surface area contributed by atoms with Crippen molar-refractivity contribution in [3.05, 3.63) is 27.3 Å². The summed E-state index contributed by atoms with van der Waals surface area (Å²) < 4.78 is 6.09. The number of benzene rings is 1. The second kappa shape index (κ2) is 5.01. The molecule has 0 aromatic heterocycles. The predicted molar refractivity (Wildman–Crippen MR) is 67.5 cm³/mol. The van der Waals surface area contributed by atoms with Gasteiger partial charge in [-0.3, -0.25) is 4.79 Å². The predicted octanol–water partition coefficient (Wildman–Crippen LogP) is 1.47. The van der Waals surface area contributed by atoms with Gasteiger partial charge in [-0.25, -0.2) is 0 Å². The fraction of sp³-hybridized carbons (Fsp3) is 0.364. The Morgan fingerprint density at radius 2 is 2.06 bits per heavy atom. The smallest absolute Gasteiger partial charge is 0.257 e. The molecule has 0 unspecified atom stereocenters. The Kier molecular flexibility index (Phi) is 3.65. The molecule has 1 saturated heterocycles. The van der Waals surface area contributed by atoms with Crippen molar-refractivity contribution in [2.45, 2.75) is 0 Å². The molecule has 1 amide bonds. The van der Waals surface area contributed by atoms with Crippen molar-refractivity contribution >= 4 is 28.5 Å². The molecule has 1 aromatic carbocycles. The highest BCUT2D eigenvalue weighted by Gasteiger charge is 2.20. The maximum absolute atomic E-state index is 12.0. The lowest BCUT2D eigenvalue weighted by molar-refractivity contribution is 0.0301. The Balaban J connectivity index is 2.19. The van der Waals surface area contributed by atoms with E-state index in [1.165, 1.54) is 0 Å². The molecule has 0 radical (unpaired) electrons. The molecule has 1 N–H and O–H groups in total. The summed E-state index contributed by atoms with van der Waals surface area (Å²) in [5, 5.41) is 9.71. The van der Waals surface area contributed by atoms with Crippen LogP contribution in [0.4, 0.5) is 0 Å². The summed E-state index contributed by atoms with van der Waals surface area (Å²) >= 11 is 2.10. The van der Waals surface area contributed by atoms with Gasteiger partial charge in [0.1, 0.15) is 5.75 Å². The summed E-state index contributed by atoms with van der Waals surface area (Å²) in [6, 6.07) is 5.07. The van der Waals surface area contributed by atoms with E-state index in [1.54, 1.807) is 17.0 Å². The van der Waals surface area contributed by atoms with Crippen LogP contribution >= 0.6 is 22.6 Å². The van der Waals surface area contributed by atoms with E-state index in [2.05, 4.69) is 22.6 Å². The number of morpholine rings is 1. The van der Waals surface area contributed by atoms with E-state index in [0.29, 0.717) is 31.9 Å². The van der Waals surface area contributed by atoms with Gasteiger partial charge in [-0.1, -0.05) is 0 Å². The second-order valence-electron chi connectivity index (χ2n) is 3.57. The van der Waals surface area contributed by atoms with Gasteiger partial charge in [-0.15, -0.1) is 0 Å². The Labute approximate surface area is 107 Å². The number of halogens is 1. The standard InChI is InChI=1S/C11H12INO3/c12-8-1-2-9(10(14)7-8)11(15)13-3-5-16-6-4-13/h1-2,7,14H,3-6H2.